The maximum absolute atomic E-state index is 5.45. The van der Waals surface area contributed by atoms with Gasteiger partial charge in [0.15, 0.2) is 0 Å². The van der Waals surface area contributed by atoms with E-state index in [2.05, 4.69) is 40.8 Å². The van der Waals surface area contributed by atoms with Crippen molar-refractivity contribution in [3.05, 3.63) is 30.5 Å². The number of fused-ring (bicyclic) bond motifs is 1. The molecule has 0 N–H and O–H groups in total. The van der Waals surface area contributed by atoms with Gasteiger partial charge in [0.2, 0.25) is 0 Å². The lowest BCUT2D eigenvalue weighted by molar-refractivity contribution is 0.232. The van der Waals surface area contributed by atoms with Crippen molar-refractivity contribution in [2.45, 2.75) is 26.3 Å². The number of para-hydroxylation sites is 1. The number of ether oxygens (including phenoxy) is 1. The highest BCUT2D eigenvalue weighted by Crippen LogP contribution is 2.33. The molecule has 1 atom stereocenters. The summed E-state index contributed by atoms with van der Waals surface area (Å²) in [6, 6.07) is 8.95. The van der Waals surface area contributed by atoms with Crippen molar-refractivity contribution in [1.29, 1.82) is 0 Å². The van der Waals surface area contributed by atoms with Crippen molar-refractivity contribution in [2.75, 3.05) is 38.2 Å². The van der Waals surface area contributed by atoms with Crippen molar-refractivity contribution in [3.8, 4) is 5.75 Å². The maximum Gasteiger partial charge on any atom is 0.145 e. The molecule has 1 aromatic heterocycles. The number of rotatable bonds is 5. The fourth-order valence-corrected chi connectivity index (χ4v) is 3.57. The summed E-state index contributed by atoms with van der Waals surface area (Å²) in [7, 11) is 1.70. The lowest BCUT2D eigenvalue weighted by Crippen LogP contribution is -2.37. The molecule has 1 saturated heterocycles. The molecule has 3 rings (SSSR count). The van der Waals surface area contributed by atoms with Crippen LogP contribution in [0.2, 0.25) is 0 Å². The van der Waals surface area contributed by atoms with E-state index in [1.54, 1.807) is 7.11 Å². The van der Waals surface area contributed by atoms with Crippen LogP contribution in [0.3, 0.4) is 0 Å². The highest BCUT2D eigenvalue weighted by molar-refractivity contribution is 5.95. The van der Waals surface area contributed by atoms with E-state index in [1.807, 2.05) is 18.3 Å². The Morgan fingerprint density at radius 3 is 2.82 bits per heavy atom. The van der Waals surface area contributed by atoms with Crippen LogP contribution in [0, 0.1) is 0 Å². The van der Waals surface area contributed by atoms with Crippen molar-refractivity contribution in [3.63, 3.8) is 0 Å². The third-order valence-corrected chi connectivity index (χ3v) is 4.76. The summed E-state index contributed by atoms with van der Waals surface area (Å²) < 4.78 is 5.45. The lowest BCUT2D eigenvalue weighted by atomic mass is 10.1. The molecule has 0 radical (unpaired) electrons. The summed E-state index contributed by atoms with van der Waals surface area (Å²) in [6.45, 7) is 8.95. The van der Waals surface area contributed by atoms with Crippen LogP contribution in [-0.2, 0) is 0 Å². The number of hydrogen-bond donors (Lipinski definition) is 0. The standard InChI is InChI=1S/C18H25N3O/c1-4-20(5-2)14-10-12-21(13-14)16-9-11-19-18-15(16)7-6-8-17(18)22-3/h6-9,11,14H,4-5,10,12-13H2,1-3H3. The molecule has 2 aromatic rings. The molecule has 1 aliphatic heterocycles. The summed E-state index contributed by atoms with van der Waals surface area (Å²) in [5, 5.41) is 1.18. The Kier molecular flexibility index (Phi) is 4.48. The Morgan fingerprint density at radius 1 is 1.27 bits per heavy atom. The number of anilines is 1. The molecule has 0 spiro atoms. The van der Waals surface area contributed by atoms with Crippen molar-refractivity contribution in [1.82, 2.24) is 9.88 Å². The van der Waals surface area contributed by atoms with Crippen LogP contribution in [0.25, 0.3) is 10.9 Å². The molecular weight excluding hydrogens is 274 g/mol. The molecule has 4 nitrogen and oxygen atoms in total. The second kappa shape index (κ2) is 6.53. The first kappa shape index (κ1) is 15.1. The highest BCUT2D eigenvalue weighted by Gasteiger charge is 2.27. The predicted molar refractivity (Wildman–Crippen MR) is 91.8 cm³/mol. The summed E-state index contributed by atoms with van der Waals surface area (Å²) in [5.74, 6) is 0.846. The van der Waals surface area contributed by atoms with E-state index in [0.717, 1.165) is 37.4 Å². The van der Waals surface area contributed by atoms with E-state index in [0.29, 0.717) is 6.04 Å². The summed E-state index contributed by atoms with van der Waals surface area (Å²) in [6.07, 6.45) is 3.13. The van der Waals surface area contributed by atoms with E-state index in [-0.39, 0.29) is 0 Å². The summed E-state index contributed by atoms with van der Waals surface area (Å²) >= 11 is 0. The molecular formula is C18H25N3O. The predicted octanol–water partition coefficient (Wildman–Crippen LogP) is 3.16. The fourth-order valence-electron chi connectivity index (χ4n) is 3.57. The Morgan fingerprint density at radius 2 is 2.09 bits per heavy atom. The second-order valence-electron chi connectivity index (χ2n) is 5.80. The first-order chi connectivity index (χ1) is 10.8. The molecule has 0 saturated carbocycles. The lowest BCUT2D eigenvalue weighted by Gasteiger charge is -2.27. The quantitative estimate of drug-likeness (QED) is 0.848. The second-order valence-corrected chi connectivity index (χ2v) is 5.80. The van der Waals surface area contributed by atoms with Gasteiger partial charge in [-0.1, -0.05) is 26.0 Å². The van der Waals surface area contributed by atoms with Crippen LogP contribution in [0.5, 0.6) is 5.75 Å². The molecule has 0 aliphatic carbocycles. The van der Waals surface area contributed by atoms with E-state index in [9.17, 15) is 0 Å². The summed E-state index contributed by atoms with van der Waals surface area (Å²) in [5.41, 5.74) is 2.23. The van der Waals surface area contributed by atoms with Crippen LogP contribution in [0.1, 0.15) is 20.3 Å². The highest BCUT2D eigenvalue weighted by atomic mass is 16.5. The number of methoxy groups -OCH3 is 1. The van der Waals surface area contributed by atoms with Crippen molar-refractivity contribution in [2.24, 2.45) is 0 Å². The molecule has 1 aliphatic rings. The zero-order valence-electron chi connectivity index (χ0n) is 13.7. The maximum atomic E-state index is 5.45. The molecule has 1 fully saturated rings. The number of hydrogen-bond acceptors (Lipinski definition) is 4. The largest absolute Gasteiger partial charge is 0.494 e. The van der Waals surface area contributed by atoms with Gasteiger partial charge in [-0.25, -0.2) is 0 Å². The Labute approximate surface area is 132 Å². The van der Waals surface area contributed by atoms with Gasteiger partial charge < -0.3 is 9.64 Å². The van der Waals surface area contributed by atoms with Crippen LogP contribution in [0.15, 0.2) is 30.5 Å². The molecule has 0 bridgehead atoms. The minimum atomic E-state index is 0.656. The first-order valence-electron chi connectivity index (χ1n) is 8.19. The van der Waals surface area contributed by atoms with Gasteiger partial charge in [-0.05, 0) is 31.6 Å². The third kappa shape index (κ3) is 2.63. The zero-order chi connectivity index (χ0) is 15.5. The number of benzene rings is 1. The number of pyridine rings is 1. The smallest absolute Gasteiger partial charge is 0.145 e. The van der Waals surface area contributed by atoms with E-state index >= 15 is 0 Å². The Balaban J connectivity index is 1.92. The van der Waals surface area contributed by atoms with Gasteiger partial charge >= 0.3 is 0 Å². The van der Waals surface area contributed by atoms with Gasteiger partial charge in [0.05, 0.1) is 7.11 Å². The fraction of sp³-hybridized carbons (Fsp3) is 0.500. The minimum absolute atomic E-state index is 0.656. The van der Waals surface area contributed by atoms with Crippen LogP contribution >= 0.6 is 0 Å². The average molecular weight is 299 g/mol. The Bertz CT molecular complexity index is 639. The van der Waals surface area contributed by atoms with Gasteiger partial charge in [0, 0.05) is 36.4 Å². The van der Waals surface area contributed by atoms with Crippen LogP contribution in [-0.4, -0.2) is 49.2 Å². The topological polar surface area (TPSA) is 28.6 Å². The van der Waals surface area contributed by atoms with Crippen LogP contribution in [0.4, 0.5) is 5.69 Å². The van der Waals surface area contributed by atoms with Gasteiger partial charge in [0.1, 0.15) is 11.3 Å². The SMILES string of the molecule is CCN(CC)C1CCN(c2ccnc3c(OC)cccc23)C1. The Hall–Kier alpha value is -1.81. The van der Waals surface area contributed by atoms with E-state index in [4.69, 9.17) is 4.74 Å². The van der Waals surface area contributed by atoms with Gasteiger partial charge in [-0.3, -0.25) is 9.88 Å². The molecule has 1 aromatic carbocycles. The molecule has 4 heteroatoms. The normalized spacial score (nSPS) is 18.4. The molecule has 0 amide bonds. The van der Waals surface area contributed by atoms with Crippen LogP contribution < -0.4 is 9.64 Å². The molecule has 1 unspecified atom stereocenters. The van der Waals surface area contributed by atoms with Gasteiger partial charge in [-0.15, -0.1) is 0 Å². The molecule has 2 heterocycles. The van der Waals surface area contributed by atoms with E-state index in [1.165, 1.54) is 17.5 Å². The molecule has 118 valence electrons. The zero-order valence-corrected chi connectivity index (χ0v) is 13.7. The number of aromatic nitrogens is 1. The number of nitrogens with zero attached hydrogens (tertiary/aromatic N) is 3. The van der Waals surface area contributed by atoms with Crippen molar-refractivity contribution >= 4 is 16.6 Å². The summed E-state index contributed by atoms with van der Waals surface area (Å²) in [4.78, 5) is 9.56. The average Bonchev–Trinajstić information content (AvgIpc) is 3.04. The van der Waals surface area contributed by atoms with E-state index < -0.39 is 0 Å². The number of likely N-dealkylation sites (N-methyl/N-ethyl adjacent to an activating group) is 1. The minimum Gasteiger partial charge on any atom is -0.494 e. The van der Waals surface area contributed by atoms with Crippen molar-refractivity contribution < 1.29 is 4.74 Å². The third-order valence-electron chi connectivity index (χ3n) is 4.76. The van der Waals surface area contributed by atoms with Gasteiger partial charge in [0.25, 0.3) is 0 Å². The first-order valence-corrected chi connectivity index (χ1v) is 8.19. The molecule has 22 heavy (non-hydrogen) atoms. The van der Waals surface area contributed by atoms with Gasteiger partial charge in [-0.2, -0.15) is 0 Å². The monoisotopic (exact) mass is 299 g/mol.